The van der Waals surface area contributed by atoms with E-state index in [0.717, 1.165) is 12.8 Å². The number of amides is 5. The highest BCUT2D eigenvalue weighted by Gasteiger charge is 2.24. The predicted octanol–water partition coefficient (Wildman–Crippen LogP) is 3.52. The van der Waals surface area contributed by atoms with E-state index in [-0.39, 0.29) is 11.8 Å². The van der Waals surface area contributed by atoms with Gasteiger partial charge in [0.1, 0.15) is 23.1 Å². The fourth-order valence-electron chi connectivity index (χ4n) is 3.41. The van der Waals surface area contributed by atoms with E-state index in [1.54, 1.807) is 56.1 Å². The molecule has 0 saturated carbocycles. The minimum absolute atomic E-state index is 0.188. The highest BCUT2D eigenvalue weighted by atomic mass is 16.5. The number of aromatic nitrogens is 2. The third kappa shape index (κ3) is 7.64. The number of hydrogen-bond acceptors (Lipinski definition) is 7. The number of imide groups is 1. The van der Waals surface area contributed by atoms with Gasteiger partial charge < -0.3 is 14.5 Å². The van der Waals surface area contributed by atoms with Crippen molar-refractivity contribution in [3.05, 3.63) is 36.7 Å². The van der Waals surface area contributed by atoms with Crippen LogP contribution in [0.3, 0.4) is 0 Å². The first-order valence-corrected chi connectivity index (χ1v) is 11.5. The fourth-order valence-corrected chi connectivity index (χ4v) is 3.41. The zero-order valence-electron chi connectivity index (χ0n) is 20.8. The van der Waals surface area contributed by atoms with Crippen LogP contribution in [0.4, 0.5) is 21.2 Å². The van der Waals surface area contributed by atoms with Gasteiger partial charge in [-0.15, -0.1) is 0 Å². The van der Waals surface area contributed by atoms with E-state index in [4.69, 9.17) is 4.74 Å². The lowest BCUT2D eigenvalue weighted by atomic mass is 9.96. The topological polar surface area (TPSA) is 129 Å². The smallest absolute Gasteiger partial charge is 0.327 e. The molecule has 1 aliphatic rings. The molecule has 11 heteroatoms. The first kappa shape index (κ1) is 25.9. The van der Waals surface area contributed by atoms with Crippen molar-refractivity contribution in [3.8, 4) is 11.5 Å². The SMILES string of the molecule is CN(C)C1CCN(C(=O)Nc2cc(Oc3ccc(NC(=O)NC(=O)C(C)(C)C)nc3)ccn2)CC1. The summed E-state index contributed by atoms with van der Waals surface area (Å²) < 4.78 is 5.80. The van der Waals surface area contributed by atoms with E-state index in [1.807, 2.05) is 0 Å². The van der Waals surface area contributed by atoms with Crippen LogP contribution in [-0.4, -0.2) is 71.0 Å². The summed E-state index contributed by atoms with van der Waals surface area (Å²) in [5, 5.41) is 7.60. The van der Waals surface area contributed by atoms with Crippen LogP contribution in [0.1, 0.15) is 33.6 Å². The van der Waals surface area contributed by atoms with E-state index < -0.39 is 17.4 Å². The third-order valence-corrected chi connectivity index (χ3v) is 5.57. The molecule has 35 heavy (non-hydrogen) atoms. The second-order valence-electron chi connectivity index (χ2n) is 9.63. The molecule has 0 spiro atoms. The normalized spacial score (nSPS) is 14.4. The Morgan fingerprint density at radius 1 is 1.00 bits per heavy atom. The van der Waals surface area contributed by atoms with Crippen LogP contribution in [0.25, 0.3) is 0 Å². The largest absolute Gasteiger partial charge is 0.456 e. The van der Waals surface area contributed by atoms with Gasteiger partial charge in [-0.2, -0.15) is 0 Å². The Balaban J connectivity index is 1.52. The monoisotopic (exact) mass is 483 g/mol. The van der Waals surface area contributed by atoms with Crippen molar-refractivity contribution < 1.29 is 19.1 Å². The summed E-state index contributed by atoms with van der Waals surface area (Å²) in [7, 11) is 4.12. The molecule has 2 aromatic rings. The summed E-state index contributed by atoms with van der Waals surface area (Å²) in [6.45, 7) is 6.52. The van der Waals surface area contributed by atoms with Crippen LogP contribution in [0.2, 0.25) is 0 Å². The molecule has 0 aromatic carbocycles. The molecule has 3 heterocycles. The van der Waals surface area contributed by atoms with Gasteiger partial charge in [0.2, 0.25) is 5.91 Å². The van der Waals surface area contributed by atoms with Gasteiger partial charge in [-0.05, 0) is 45.1 Å². The summed E-state index contributed by atoms with van der Waals surface area (Å²) in [5.41, 5.74) is -0.686. The summed E-state index contributed by atoms with van der Waals surface area (Å²) in [4.78, 5) is 48.8. The molecular weight excluding hydrogens is 450 g/mol. The minimum Gasteiger partial charge on any atom is -0.456 e. The Labute approximate surface area is 205 Å². The van der Waals surface area contributed by atoms with Crippen molar-refractivity contribution in [1.29, 1.82) is 0 Å². The number of nitrogens with zero attached hydrogens (tertiary/aromatic N) is 4. The van der Waals surface area contributed by atoms with Crippen LogP contribution in [-0.2, 0) is 4.79 Å². The van der Waals surface area contributed by atoms with Crippen molar-refractivity contribution in [2.24, 2.45) is 5.41 Å². The molecule has 0 unspecified atom stereocenters. The molecule has 0 aliphatic carbocycles. The quantitative estimate of drug-likeness (QED) is 0.593. The van der Waals surface area contributed by atoms with Crippen LogP contribution in [0.5, 0.6) is 11.5 Å². The van der Waals surface area contributed by atoms with Crippen LogP contribution in [0.15, 0.2) is 36.7 Å². The maximum Gasteiger partial charge on any atom is 0.327 e. The van der Waals surface area contributed by atoms with E-state index in [0.29, 0.717) is 36.4 Å². The standard InChI is InChI=1S/C24H33N7O4/c1-24(2,3)21(32)29-22(33)27-19-7-6-18(15-26-19)35-17-8-11-25-20(14-17)28-23(34)31-12-9-16(10-13-31)30(4)5/h6-8,11,14-16H,9-10,12-13H2,1-5H3,(H,25,28,34)(H2,26,27,29,32,33). The van der Waals surface area contributed by atoms with Gasteiger partial charge in [0.15, 0.2) is 0 Å². The number of likely N-dealkylation sites (tertiary alicyclic amines) is 1. The summed E-state index contributed by atoms with van der Waals surface area (Å²) in [6.07, 6.45) is 4.85. The summed E-state index contributed by atoms with van der Waals surface area (Å²) in [5.74, 6) is 1.15. The zero-order chi connectivity index (χ0) is 25.6. The van der Waals surface area contributed by atoms with Gasteiger partial charge in [0, 0.05) is 36.8 Å². The molecule has 3 N–H and O–H groups in total. The Morgan fingerprint density at radius 2 is 1.71 bits per heavy atom. The molecule has 2 aromatic heterocycles. The second-order valence-corrected chi connectivity index (χ2v) is 9.63. The minimum atomic E-state index is -0.686. The molecule has 11 nitrogen and oxygen atoms in total. The van der Waals surface area contributed by atoms with E-state index in [9.17, 15) is 14.4 Å². The molecule has 0 bridgehead atoms. The number of nitrogens with one attached hydrogen (secondary N) is 3. The average molecular weight is 484 g/mol. The number of pyridine rings is 2. The van der Waals surface area contributed by atoms with Gasteiger partial charge in [-0.25, -0.2) is 19.6 Å². The Kier molecular flexibility index (Phi) is 8.23. The summed E-state index contributed by atoms with van der Waals surface area (Å²) >= 11 is 0. The number of hydrogen-bond donors (Lipinski definition) is 3. The Morgan fingerprint density at radius 3 is 2.31 bits per heavy atom. The molecule has 1 saturated heterocycles. The maximum atomic E-state index is 12.6. The Bertz CT molecular complexity index is 1040. The zero-order valence-corrected chi connectivity index (χ0v) is 20.8. The lowest BCUT2D eigenvalue weighted by Crippen LogP contribution is -2.46. The van der Waals surface area contributed by atoms with Crippen molar-refractivity contribution in [1.82, 2.24) is 25.1 Å². The average Bonchev–Trinajstić information content (AvgIpc) is 2.80. The number of urea groups is 2. The highest BCUT2D eigenvalue weighted by Crippen LogP contribution is 2.24. The number of carbonyl (C=O) groups is 3. The number of piperidine rings is 1. The van der Waals surface area contributed by atoms with Gasteiger partial charge in [-0.3, -0.25) is 20.7 Å². The lowest BCUT2D eigenvalue weighted by molar-refractivity contribution is -0.127. The van der Waals surface area contributed by atoms with Crippen molar-refractivity contribution in [2.75, 3.05) is 37.8 Å². The second kappa shape index (κ2) is 11.1. The fraction of sp³-hybridized carbons (Fsp3) is 0.458. The van der Waals surface area contributed by atoms with Crippen LogP contribution in [0, 0.1) is 5.41 Å². The van der Waals surface area contributed by atoms with Gasteiger partial charge in [-0.1, -0.05) is 20.8 Å². The van der Waals surface area contributed by atoms with Crippen LogP contribution < -0.4 is 20.7 Å². The number of carbonyl (C=O) groups excluding carboxylic acids is 3. The van der Waals surface area contributed by atoms with E-state index in [2.05, 4.69) is 44.9 Å². The van der Waals surface area contributed by atoms with Crippen molar-refractivity contribution in [3.63, 3.8) is 0 Å². The predicted molar refractivity (Wildman–Crippen MR) is 132 cm³/mol. The number of anilines is 2. The molecule has 3 rings (SSSR count). The molecule has 188 valence electrons. The number of rotatable bonds is 5. The first-order valence-electron chi connectivity index (χ1n) is 11.5. The lowest BCUT2D eigenvalue weighted by Gasteiger charge is -2.35. The third-order valence-electron chi connectivity index (χ3n) is 5.57. The molecule has 5 amide bonds. The van der Waals surface area contributed by atoms with Gasteiger partial charge >= 0.3 is 12.1 Å². The van der Waals surface area contributed by atoms with Crippen molar-refractivity contribution in [2.45, 2.75) is 39.7 Å². The summed E-state index contributed by atoms with van der Waals surface area (Å²) in [6, 6.07) is 6.11. The van der Waals surface area contributed by atoms with Gasteiger partial charge in [0.25, 0.3) is 0 Å². The molecule has 1 fully saturated rings. The molecule has 1 aliphatic heterocycles. The maximum absolute atomic E-state index is 12.6. The van der Waals surface area contributed by atoms with Gasteiger partial charge in [0.05, 0.1) is 6.20 Å². The first-order chi connectivity index (χ1) is 16.5. The van der Waals surface area contributed by atoms with Crippen LogP contribution >= 0.6 is 0 Å². The van der Waals surface area contributed by atoms with E-state index in [1.165, 1.54) is 6.20 Å². The van der Waals surface area contributed by atoms with E-state index >= 15 is 0 Å². The molecular formula is C24H33N7O4. The molecule has 0 radical (unpaired) electrons. The molecule has 0 atom stereocenters. The number of ether oxygens (including phenoxy) is 1. The Hall–Kier alpha value is -3.73. The van der Waals surface area contributed by atoms with Crippen molar-refractivity contribution >= 4 is 29.6 Å². The highest BCUT2D eigenvalue weighted by molar-refractivity contribution is 6.02.